The van der Waals surface area contributed by atoms with Crippen molar-refractivity contribution >= 4 is 5.78 Å². The van der Waals surface area contributed by atoms with Gasteiger partial charge in [0.1, 0.15) is 23.9 Å². The molecule has 2 heterocycles. The Kier molecular flexibility index (Phi) is 3.27. The van der Waals surface area contributed by atoms with Gasteiger partial charge in [-0.05, 0) is 36.4 Å². The zero-order valence-corrected chi connectivity index (χ0v) is 12.5. The molecule has 0 fully saturated rings. The highest BCUT2D eigenvalue weighted by Crippen LogP contribution is 2.37. The third kappa shape index (κ3) is 2.31. The summed E-state index contributed by atoms with van der Waals surface area (Å²) < 4.78 is 19.1. The van der Waals surface area contributed by atoms with E-state index in [0.29, 0.717) is 28.1 Å². The first-order chi connectivity index (χ1) is 11.6. The van der Waals surface area contributed by atoms with Crippen molar-refractivity contribution in [2.45, 2.75) is 6.61 Å². The minimum Gasteiger partial charge on any atom is -0.507 e. The lowest BCUT2D eigenvalue weighted by Crippen LogP contribution is -2.10. The summed E-state index contributed by atoms with van der Waals surface area (Å²) in [4.78, 5) is 16.9. The molecule has 0 spiro atoms. The summed E-state index contributed by atoms with van der Waals surface area (Å²) in [5.41, 5.74) is 2.43. The minimum absolute atomic E-state index is 0.0797. The summed E-state index contributed by atoms with van der Waals surface area (Å²) in [5.74, 6) is -0.213. The van der Waals surface area contributed by atoms with Crippen LogP contribution in [0.4, 0.5) is 4.39 Å². The molecule has 1 aliphatic heterocycles. The van der Waals surface area contributed by atoms with Crippen molar-refractivity contribution < 1.29 is 19.0 Å². The Labute approximate surface area is 137 Å². The first-order valence-corrected chi connectivity index (χ1v) is 7.38. The van der Waals surface area contributed by atoms with Crippen LogP contribution in [0.5, 0.6) is 11.5 Å². The molecule has 0 bridgehead atoms. The second-order valence-corrected chi connectivity index (χ2v) is 5.51. The number of halogens is 1. The molecule has 0 saturated heterocycles. The molecule has 24 heavy (non-hydrogen) atoms. The average Bonchev–Trinajstić information content (AvgIpc) is 2.61. The molecular weight excluding hydrogens is 309 g/mol. The number of phenols is 1. The Hall–Kier alpha value is -3.21. The number of carbonyl (C=O) groups is 1. The van der Waals surface area contributed by atoms with E-state index in [0.717, 1.165) is 0 Å². The summed E-state index contributed by atoms with van der Waals surface area (Å²) in [6.45, 7) is 0.253. The minimum atomic E-state index is -0.374. The number of ketones is 1. The maximum absolute atomic E-state index is 13.5. The Morgan fingerprint density at radius 3 is 2.83 bits per heavy atom. The van der Waals surface area contributed by atoms with Gasteiger partial charge in [-0.2, -0.15) is 0 Å². The van der Waals surface area contributed by atoms with E-state index in [2.05, 4.69) is 4.98 Å². The standard InChI is InChI=1S/C19H12FNO3/c20-13-5-6-17-15(8-13)18-12(10-24-17)7-11(9-21-18)19(23)14-3-1-2-4-16(14)22/h1-9,22H,10H2. The van der Waals surface area contributed by atoms with Gasteiger partial charge in [0, 0.05) is 22.9 Å². The average molecular weight is 321 g/mol. The Morgan fingerprint density at radius 1 is 1.17 bits per heavy atom. The molecule has 0 unspecified atom stereocenters. The first kappa shape index (κ1) is 14.4. The zero-order valence-electron chi connectivity index (χ0n) is 12.5. The van der Waals surface area contributed by atoms with Crippen LogP contribution in [0.15, 0.2) is 54.7 Å². The molecule has 0 aliphatic carbocycles. The van der Waals surface area contributed by atoms with Crippen LogP contribution in [-0.2, 0) is 6.61 Å². The predicted molar refractivity (Wildman–Crippen MR) is 85.5 cm³/mol. The van der Waals surface area contributed by atoms with Crippen molar-refractivity contribution in [2.75, 3.05) is 0 Å². The molecule has 1 N–H and O–H groups in total. The number of rotatable bonds is 2. The van der Waals surface area contributed by atoms with Crippen molar-refractivity contribution in [3.8, 4) is 22.8 Å². The van der Waals surface area contributed by atoms with Crippen molar-refractivity contribution in [3.63, 3.8) is 0 Å². The van der Waals surface area contributed by atoms with Crippen LogP contribution in [0, 0.1) is 5.82 Å². The number of benzene rings is 2. The van der Waals surface area contributed by atoms with Gasteiger partial charge in [0.15, 0.2) is 5.78 Å². The summed E-state index contributed by atoms with van der Waals surface area (Å²) >= 11 is 0. The summed E-state index contributed by atoms with van der Waals surface area (Å²) in [6, 6.07) is 12.3. The largest absolute Gasteiger partial charge is 0.507 e. The van der Waals surface area contributed by atoms with Crippen LogP contribution in [0.1, 0.15) is 21.5 Å². The van der Waals surface area contributed by atoms with Crippen molar-refractivity contribution in [1.82, 2.24) is 4.98 Å². The molecule has 0 amide bonds. The van der Waals surface area contributed by atoms with Gasteiger partial charge in [-0.15, -0.1) is 0 Å². The van der Waals surface area contributed by atoms with Crippen molar-refractivity contribution in [2.24, 2.45) is 0 Å². The first-order valence-electron chi connectivity index (χ1n) is 7.38. The molecule has 5 heteroatoms. The molecule has 1 aromatic heterocycles. The van der Waals surface area contributed by atoms with Crippen LogP contribution in [0.25, 0.3) is 11.3 Å². The summed E-state index contributed by atoms with van der Waals surface area (Å²) in [5, 5.41) is 9.83. The number of nitrogens with zero attached hydrogens (tertiary/aromatic N) is 1. The van der Waals surface area contributed by atoms with Gasteiger partial charge in [0.25, 0.3) is 0 Å². The van der Waals surface area contributed by atoms with Gasteiger partial charge < -0.3 is 9.84 Å². The SMILES string of the molecule is O=C(c1cnc2c(c1)COc1ccc(F)cc1-2)c1ccccc1O. The van der Waals surface area contributed by atoms with E-state index in [4.69, 9.17) is 4.74 Å². The Balaban J connectivity index is 1.78. The monoisotopic (exact) mass is 321 g/mol. The highest BCUT2D eigenvalue weighted by Gasteiger charge is 2.22. The second kappa shape index (κ2) is 5.45. The van der Waals surface area contributed by atoms with Crippen LogP contribution < -0.4 is 4.74 Å². The van der Waals surface area contributed by atoms with E-state index in [9.17, 15) is 14.3 Å². The topological polar surface area (TPSA) is 59.4 Å². The fourth-order valence-corrected chi connectivity index (χ4v) is 2.78. The Bertz CT molecular complexity index is 969. The van der Waals surface area contributed by atoms with Gasteiger partial charge in [0.05, 0.1) is 11.3 Å². The molecule has 0 atom stereocenters. The van der Waals surface area contributed by atoms with Crippen LogP contribution in [-0.4, -0.2) is 15.9 Å². The third-order valence-corrected chi connectivity index (χ3v) is 3.96. The molecule has 1 aliphatic rings. The van der Waals surface area contributed by atoms with E-state index < -0.39 is 0 Å². The number of ether oxygens (including phenoxy) is 1. The predicted octanol–water partition coefficient (Wildman–Crippen LogP) is 3.72. The molecule has 2 aromatic carbocycles. The highest BCUT2D eigenvalue weighted by molar-refractivity contribution is 6.10. The number of hydrogen-bond acceptors (Lipinski definition) is 4. The lowest BCUT2D eigenvalue weighted by Gasteiger charge is -2.20. The van der Waals surface area contributed by atoms with E-state index in [1.807, 2.05) is 0 Å². The second-order valence-electron chi connectivity index (χ2n) is 5.51. The third-order valence-electron chi connectivity index (χ3n) is 3.96. The number of aromatic hydroxyl groups is 1. The maximum atomic E-state index is 13.5. The number of carbonyl (C=O) groups excluding carboxylic acids is 1. The number of fused-ring (bicyclic) bond motifs is 3. The number of aromatic nitrogens is 1. The van der Waals surface area contributed by atoms with E-state index >= 15 is 0 Å². The van der Waals surface area contributed by atoms with Crippen molar-refractivity contribution in [3.05, 3.63) is 77.2 Å². The fourth-order valence-electron chi connectivity index (χ4n) is 2.78. The van der Waals surface area contributed by atoms with Gasteiger partial charge in [0.2, 0.25) is 0 Å². The maximum Gasteiger partial charge on any atom is 0.198 e. The van der Waals surface area contributed by atoms with E-state index in [1.54, 1.807) is 30.3 Å². The lowest BCUT2D eigenvalue weighted by atomic mass is 9.98. The van der Waals surface area contributed by atoms with Crippen LogP contribution >= 0.6 is 0 Å². The smallest absolute Gasteiger partial charge is 0.198 e. The van der Waals surface area contributed by atoms with Gasteiger partial charge >= 0.3 is 0 Å². The normalized spacial score (nSPS) is 12.0. The highest BCUT2D eigenvalue weighted by atomic mass is 19.1. The molecular formula is C19H12FNO3. The van der Waals surface area contributed by atoms with Crippen molar-refractivity contribution in [1.29, 1.82) is 0 Å². The van der Waals surface area contributed by atoms with E-state index in [-0.39, 0.29) is 29.5 Å². The zero-order chi connectivity index (χ0) is 16.7. The number of para-hydroxylation sites is 1. The molecule has 4 nitrogen and oxygen atoms in total. The van der Waals surface area contributed by atoms with Gasteiger partial charge in [-0.3, -0.25) is 9.78 Å². The summed E-state index contributed by atoms with van der Waals surface area (Å²) in [7, 11) is 0. The number of hydrogen-bond donors (Lipinski definition) is 1. The number of pyridine rings is 1. The molecule has 0 radical (unpaired) electrons. The molecule has 118 valence electrons. The molecule has 0 saturated carbocycles. The van der Waals surface area contributed by atoms with Crippen LogP contribution in [0.2, 0.25) is 0 Å². The number of phenolic OH excluding ortho intramolecular Hbond substituents is 1. The quantitative estimate of drug-likeness (QED) is 0.731. The van der Waals surface area contributed by atoms with Gasteiger partial charge in [-0.25, -0.2) is 4.39 Å². The van der Waals surface area contributed by atoms with E-state index in [1.165, 1.54) is 24.4 Å². The van der Waals surface area contributed by atoms with Gasteiger partial charge in [-0.1, -0.05) is 12.1 Å². The van der Waals surface area contributed by atoms with Crippen LogP contribution in [0.3, 0.4) is 0 Å². The summed E-state index contributed by atoms with van der Waals surface area (Å²) in [6.07, 6.45) is 1.44. The molecule has 3 aromatic rings. The molecule has 4 rings (SSSR count). The Morgan fingerprint density at radius 2 is 2.00 bits per heavy atom. The lowest BCUT2D eigenvalue weighted by molar-refractivity contribution is 0.103. The fraction of sp³-hybridized carbons (Fsp3) is 0.0526.